The highest BCUT2D eigenvalue weighted by atomic mass is 16.5. The van der Waals surface area contributed by atoms with E-state index in [9.17, 15) is 24.9 Å². The van der Waals surface area contributed by atoms with E-state index >= 15 is 0 Å². The highest BCUT2D eigenvalue weighted by molar-refractivity contribution is 5.96. The Kier molecular flexibility index (Phi) is 3.21. The highest BCUT2D eigenvalue weighted by Gasteiger charge is 2.41. The molecule has 6 heteroatoms. The number of hydrogen-bond acceptors (Lipinski definition) is 5. The Hall–Kier alpha value is -3.02. The summed E-state index contributed by atoms with van der Waals surface area (Å²) in [6.07, 6.45) is -1.08. The van der Waals surface area contributed by atoms with Crippen molar-refractivity contribution in [2.75, 3.05) is 0 Å². The minimum Gasteiger partial charge on any atom is -0.504 e. The molecule has 3 rings (SSSR count). The van der Waals surface area contributed by atoms with Crippen LogP contribution in [0.25, 0.3) is 0 Å². The first-order chi connectivity index (χ1) is 10.5. The lowest BCUT2D eigenvalue weighted by atomic mass is 9.84. The van der Waals surface area contributed by atoms with Gasteiger partial charge in [-0.3, -0.25) is 4.79 Å². The zero-order valence-corrected chi connectivity index (χ0v) is 11.3. The first-order valence-electron chi connectivity index (χ1n) is 6.53. The molecule has 2 aromatic rings. The summed E-state index contributed by atoms with van der Waals surface area (Å²) in [4.78, 5) is 23.7. The lowest BCUT2D eigenvalue weighted by molar-refractivity contribution is -0.142. The third-order valence-corrected chi connectivity index (χ3v) is 3.65. The van der Waals surface area contributed by atoms with Crippen LogP contribution in [0.2, 0.25) is 0 Å². The van der Waals surface area contributed by atoms with E-state index in [1.165, 1.54) is 24.3 Å². The van der Waals surface area contributed by atoms with Gasteiger partial charge in [-0.1, -0.05) is 24.3 Å². The van der Waals surface area contributed by atoms with Crippen LogP contribution in [-0.2, 0) is 9.53 Å². The zero-order chi connectivity index (χ0) is 15.9. The Labute approximate surface area is 125 Å². The molecule has 0 unspecified atom stereocenters. The fraction of sp³-hybridized carbons (Fsp3) is 0.125. The number of benzene rings is 2. The third-order valence-electron chi connectivity index (χ3n) is 3.65. The summed E-state index contributed by atoms with van der Waals surface area (Å²) in [6, 6.07) is 10.2. The molecule has 0 amide bonds. The molecular weight excluding hydrogens is 288 g/mol. The second-order valence-electron chi connectivity index (χ2n) is 4.98. The molecule has 2 aromatic carbocycles. The van der Waals surface area contributed by atoms with Crippen LogP contribution in [0.5, 0.6) is 11.5 Å². The Morgan fingerprint density at radius 1 is 1.05 bits per heavy atom. The second kappa shape index (κ2) is 5.07. The number of esters is 1. The van der Waals surface area contributed by atoms with Crippen molar-refractivity contribution in [3.63, 3.8) is 0 Å². The van der Waals surface area contributed by atoms with Crippen LogP contribution in [0.4, 0.5) is 0 Å². The van der Waals surface area contributed by atoms with E-state index in [-0.39, 0.29) is 11.3 Å². The topological polar surface area (TPSA) is 104 Å². The summed E-state index contributed by atoms with van der Waals surface area (Å²) < 4.78 is 5.26. The van der Waals surface area contributed by atoms with Crippen molar-refractivity contribution in [1.82, 2.24) is 0 Å². The van der Waals surface area contributed by atoms with Crippen LogP contribution in [0, 0.1) is 0 Å². The number of phenols is 2. The molecule has 1 aliphatic rings. The largest absolute Gasteiger partial charge is 0.504 e. The molecule has 0 fully saturated rings. The molecule has 6 nitrogen and oxygen atoms in total. The van der Waals surface area contributed by atoms with E-state index in [1.54, 1.807) is 18.2 Å². The molecule has 0 aliphatic carbocycles. The molecule has 0 saturated carbocycles. The second-order valence-corrected chi connectivity index (χ2v) is 4.98. The van der Waals surface area contributed by atoms with E-state index in [1.807, 2.05) is 0 Å². The number of fused-ring (bicyclic) bond motifs is 1. The fourth-order valence-electron chi connectivity index (χ4n) is 2.60. The van der Waals surface area contributed by atoms with E-state index < -0.39 is 29.7 Å². The molecule has 112 valence electrons. The highest BCUT2D eigenvalue weighted by Crippen LogP contribution is 2.42. The minimum absolute atomic E-state index is 0.217. The summed E-state index contributed by atoms with van der Waals surface area (Å²) >= 11 is 0. The lowest BCUT2D eigenvalue weighted by Crippen LogP contribution is -2.31. The van der Waals surface area contributed by atoms with Crippen LogP contribution in [-0.4, -0.2) is 27.3 Å². The molecule has 22 heavy (non-hydrogen) atoms. The molecule has 1 heterocycles. The quantitative estimate of drug-likeness (QED) is 0.580. The van der Waals surface area contributed by atoms with Crippen molar-refractivity contribution in [1.29, 1.82) is 0 Å². The van der Waals surface area contributed by atoms with Gasteiger partial charge in [-0.15, -0.1) is 0 Å². The number of hydrogen-bond donors (Lipinski definition) is 3. The monoisotopic (exact) mass is 300 g/mol. The van der Waals surface area contributed by atoms with Crippen LogP contribution in [0.3, 0.4) is 0 Å². The number of aromatic hydroxyl groups is 2. The van der Waals surface area contributed by atoms with Gasteiger partial charge in [0.1, 0.15) is 12.0 Å². The SMILES string of the molecule is O=C1O[C@H](c2ccc(O)c(O)c2)[C@@H](C(=O)O)c2ccccc21. The molecule has 0 saturated heterocycles. The number of carboxylic acid groups (broad SMARTS) is 1. The van der Waals surface area contributed by atoms with Gasteiger partial charge in [0, 0.05) is 0 Å². The first-order valence-corrected chi connectivity index (χ1v) is 6.53. The Morgan fingerprint density at radius 3 is 2.45 bits per heavy atom. The van der Waals surface area contributed by atoms with Gasteiger partial charge in [0.2, 0.25) is 0 Å². The van der Waals surface area contributed by atoms with Gasteiger partial charge in [0.05, 0.1) is 5.56 Å². The average Bonchev–Trinajstić information content (AvgIpc) is 2.49. The van der Waals surface area contributed by atoms with Crippen LogP contribution in [0.1, 0.15) is 33.5 Å². The van der Waals surface area contributed by atoms with Gasteiger partial charge in [0.25, 0.3) is 0 Å². The number of rotatable bonds is 2. The van der Waals surface area contributed by atoms with Crippen molar-refractivity contribution < 1.29 is 29.6 Å². The lowest BCUT2D eigenvalue weighted by Gasteiger charge is -2.30. The van der Waals surface area contributed by atoms with E-state index in [0.29, 0.717) is 11.1 Å². The Balaban J connectivity index is 2.13. The van der Waals surface area contributed by atoms with E-state index in [2.05, 4.69) is 0 Å². The maximum absolute atomic E-state index is 12.1. The molecule has 0 aromatic heterocycles. The predicted molar refractivity (Wildman–Crippen MR) is 74.7 cm³/mol. The van der Waals surface area contributed by atoms with Gasteiger partial charge in [-0.25, -0.2) is 4.79 Å². The fourth-order valence-corrected chi connectivity index (χ4v) is 2.60. The normalized spacial score (nSPS) is 20.1. The van der Waals surface area contributed by atoms with Gasteiger partial charge >= 0.3 is 11.9 Å². The number of carbonyl (C=O) groups is 2. The standard InChI is InChI=1S/C16H12O6/c17-11-6-5-8(7-12(11)18)14-13(15(19)20)9-3-1-2-4-10(9)16(21)22-14/h1-7,13-14,17-18H,(H,19,20)/t13-,14+/m0/s1. The van der Waals surface area contributed by atoms with Crippen molar-refractivity contribution in [2.45, 2.75) is 12.0 Å². The summed E-state index contributed by atoms with van der Waals surface area (Å²) in [5.74, 6) is -3.59. The number of aliphatic carboxylic acids is 1. The summed E-state index contributed by atoms with van der Waals surface area (Å²) in [6.45, 7) is 0. The van der Waals surface area contributed by atoms with Gasteiger partial charge < -0.3 is 20.1 Å². The molecule has 0 bridgehead atoms. The van der Waals surface area contributed by atoms with Gasteiger partial charge in [-0.05, 0) is 29.3 Å². The van der Waals surface area contributed by atoms with Crippen molar-refractivity contribution in [3.05, 3.63) is 59.2 Å². The predicted octanol–water partition coefficient (Wildman–Crippen LogP) is 2.18. The number of cyclic esters (lactones) is 1. The number of carboxylic acids is 1. The van der Waals surface area contributed by atoms with Crippen LogP contribution >= 0.6 is 0 Å². The Morgan fingerprint density at radius 2 is 1.77 bits per heavy atom. The molecule has 0 spiro atoms. The zero-order valence-electron chi connectivity index (χ0n) is 11.3. The molecule has 3 N–H and O–H groups in total. The van der Waals surface area contributed by atoms with Crippen molar-refractivity contribution in [2.24, 2.45) is 0 Å². The van der Waals surface area contributed by atoms with Gasteiger partial charge in [-0.2, -0.15) is 0 Å². The van der Waals surface area contributed by atoms with Crippen molar-refractivity contribution >= 4 is 11.9 Å². The van der Waals surface area contributed by atoms with Gasteiger partial charge in [0.15, 0.2) is 11.5 Å². The third kappa shape index (κ3) is 2.14. The van der Waals surface area contributed by atoms with Crippen LogP contribution in [0.15, 0.2) is 42.5 Å². The summed E-state index contributed by atoms with van der Waals surface area (Å²) in [5.41, 5.74) is 0.878. The van der Waals surface area contributed by atoms with Crippen molar-refractivity contribution in [3.8, 4) is 11.5 Å². The maximum Gasteiger partial charge on any atom is 0.339 e. The minimum atomic E-state index is -1.14. The molecule has 0 radical (unpaired) electrons. The average molecular weight is 300 g/mol. The van der Waals surface area contributed by atoms with E-state index in [4.69, 9.17) is 4.74 Å². The number of phenolic OH excluding ortho intramolecular Hbond substituents is 2. The summed E-state index contributed by atoms with van der Waals surface area (Å²) in [5, 5.41) is 28.5. The number of carbonyl (C=O) groups excluding carboxylic acids is 1. The van der Waals surface area contributed by atoms with Crippen LogP contribution < -0.4 is 0 Å². The number of ether oxygens (including phenoxy) is 1. The smallest absolute Gasteiger partial charge is 0.339 e. The molecule has 2 atom stereocenters. The Bertz CT molecular complexity index is 767. The molecular formula is C16H12O6. The first kappa shape index (κ1) is 13.9. The molecule has 1 aliphatic heterocycles. The van der Waals surface area contributed by atoms with E-state index in [0.717, 1.165) is 0 Å². The summed E-state index contributed by atoms with van der Waals surface area (Å²) in [7, 11) is 0. The maximum atomic E-state index is 12.1.